The van der Waals surface area contributed by atoms with Crippen LogP contribution in [-0.4, -0.2) is 36.1 Å². The Morgan fingerprint density at radius 3 is 2.33 bits per heavy atom. The fourth-order valence-electron chi connectivity index (χ4n) is 3.85. The molecule has 1 aliphatic heterocycles. The standard InChI is InChI=1S/C25H20FNO6/c1-32-18-10-11-19(20(13-18)33-2)23(29)21-22(14-4-3-5-17(28)12-14)27(25(31)24(21)30)16-8-6-15(26)7-9-16/h3-13,22,28-29H,1-2H3/b23-21-. The maximum atomic E-state index is 13.5. The van der Waals surface area contributed by atoms with Gasteiger partial charge in [0.2, 0.25) is 0 Å². The zero-order chi connectivity index (χ0) is 23.7. The lowest BCUT2D eigenvalue weighted by molar-refractivity contribution is -0.132. The van der Waals surface area contributed by atoms with Gasteiger partial charge in [-0.2, -0.15) is 0 Å². The molecule has 3 aromatic carbocycles. The van der Waals surface area contributed by atoms with Crippen LogP contribution in [0.5, 0.6) is 17.2 Å². The van der Waals surface area contributed by atoms with Crippen LogP contribution in [0, 0.1) is 5.82 Å². The number of carbonyl (C=O) groups is 2. The van der Waals surface area contributed by atoms with Gasteiger partial charge in [0, 0.05) is 11.8 Å². The zero-order valence-corrected chi connectivity index (χ0v) is 17.8. The number of Topliss-reactive ketones (excluding diaryl/α,β-unsaturated/α-hetero) is 1. The average molecular weight is 449 g/mol. The van der Waals surface area contributed by atoms with Gasteiger partial charge in [0.05, 0.1) is 31.4 Å². The van der Waals surface area contributed by atoms with E-state index in [2.05, 4.69) is 0 Å². The predicted molar refractivity (Wildman–Crippen MR) is 119 cm³/mol. The van der Waals surface area contributed by atoms with E-state index >= 15 is 0 Å². The monoisotopic (exact) mass is 449 g/mol. The van der Waals surface area contributed by atoms with Crippen molar-refractivity contribution in [3.05, 3.63) is 89.2 Å². The van der Waals surface area contributed by atoms with Gasteiger partial charge in [-0.25, -0.2) is 4.39 Å². The SMILES string of the molecule is COc1ccc(/C(O)=C2/C(=O)C(=O)N(c3ccc(F)cc3)C2c2cccc(O)c2)c(OC)c1. The highest BCUT2D eigenvalue weighted by Gasteiger charge is 2.47. The summed E-state index contributed by atoms with van der Waals surface area (Å²) in [5.74, 6) is -2.17. The summed E-state index contributed by atoms with van der Waals surface area (Å²) in [6.45, 7) is 0. The summed E-state index contributed by atoms with van der Waals surface area (Å²) in [7, 11) is 2.87. The molecule has 1 fully saturated rings. The summed E-state index contributed by atoms with van der Waals surface area (Å²) in [5, 5.41) is 21.3. The molecule has 2 N–H and O–H groups in total. The number of carbonyl (C=O) groups excluding carboxylic acids is 2. The number of amides is 1. The van der Waals surface area contributed by atoms with Crippen molar-refractivity contribution in [3.8, 4) is 17.2 Å². The Morgan fingerprint density at radius 2 is 1.70 bits per heavy atom. The smallest absolute Gasteiger partial charge is 0.300 e. The van der Waals surface area contributed by atoms with Gasteiger partial charge in [-0.15, -0.1) is 0 Å². The van der Waals surface area contributed by atoms with Crippen molar-refractivity contribution < 1.29 is 33.7 Å². The maximum absolute atomic E-state index is 13.5. The molecular weight excluding hydrogens is 429 g/mol. The lowest BCUT2D eigenvalue weighted by Crippen LogP contribution is -2.29. The van der Waals surface area contributed by atoms with Crippen LogP contribution >= 0.6 is 0 Å². The summed E-state index contributed by atoms with van der Waals surface area (Å²) < 4.78 is 24.0. The van der Waals surface area contributed by atoms with Gasteiger partial charge >= 0.3 is 0 Å². The molecule has 0 radical (unpaired) electrons. The number of anilines is 1. The summed E-state index contributed by atoms with van der Waals surface area (Å²) in [6.07, 6.45) is 0. The average Bonchev–Trinajstić information content (AvgIpc) is 3.09. The number of aliphatic hydroxyl groups is 1. The molecule has 4 rings (SSSR count). The number of benzene rings is 3. The largest absolute Gasteiger partial charge is 0.508 e. The van der Waals surface area contributed by atoms with Crippen molar-refractivity contribution >= 4 is 23.1 Å². The first-order valence-electron chi connectivity index (χ1n) is 9.93. The fourth-order valence-corrected chi connectivity index (χ4v) is 3.85. The molecule has 1 heterocycles. The Kier molecular flexibility index (Phi) is 5.74. The third kappa shape index (κ3) is 3.87. The molecule has 0 aromatic heterocycles. The van der Waals surface area contributed by atoms with Gasteiger partial charge in [-0.05, 0) is 54.1 Å². The molecule has 0 aliphatic carbocycles. The van der Waals surface area contributed by atoms with E-state index < -0.39 is 29.3 Å². The van der Waals surface area contributed by atoms with E-state index in [9.17, 15) is 24.2 Å². The number of ether oxygens (including phenoxy) is 2. The maximum Gasteiger partial charge on any atom is 0.300 e. The van der Waals surface area contributed by atoms with Gasteiger partial charge in [0.25, 0.3) is 11.7 Å². The van der Waals surface area contributed by atoms with Crippen molar-refractivity contribution in [1.82, 2.24) is 0 Å². The minimum atomic E-state index is -1.07. The quantitative estimate of drug-likeness (QED) is 0.345. The van der Waals surface area contributed by atoms with Crippen molar-refractivity contribution in [2.45, 2.75) is 6.04 Å². The summed E-state index contributed by atoms with van der Waals surface area (Å²) in [5.41, 5.74) is 0.624. The molecule has 0 bridgehead atoms. The van der Waals surface area contributed by atoms with Crippen LogP contribution in [0.2, 0.25) is 0 Å². The van der Waals surface area contributed by atoms with Crippen molar-refractivity contribution in [2.24, 2.45) is 0 Å². The van der Waals surface area contributed by atoms with Crippen LogP contribution in [0.15, 0.2) is 72.3 Å². The summed E-state index contributed by atoms with van der Waals surface area (Å²) in [6, 6.07) is 14.6. The Hall–Kier alpha value is -4.33. The van der Waals surface area contributed by atoms with Crippen LogP contribution in [0.1, 0.15) is 17.2 Å². The van der Waals surface area contributed by atoms with Crippen molar-refractivity contribution in [1.29, 1.82) is 0 Å². The second kappa shape index (κ2) is 8.66. The lowest BCUT2D eigenvalue weighted by Gasteiger charge is -2.25. The zero-order valence-electron chi connectivity index (χ0n) is 17.8. The molecule has 0 saturated carbocycles. The van der Waals surface area contributed by atoms with E-state index in [0.29, 0.717) is 11.3 Å². The second-order valence-electron chi connectivity index (χ2n) is 7.31. The summed E-state index contributed by atoms with van der Waals surface area (Å²) in [4.78, 5) is 27.4. The van der Waals surface area contributed by atoms with Gasteiger partial charge in [-0.1, -0.05) is 12.1 Å². The summed E-state index contributed by atoms with van der Waals surface area (Å²) >= 11 is 0. The number of rotatable bonds is 5. The minimum absolute atomic E-state index is 0.0841. The van der Waals surface area contributed by atoms with Crippen LogP contribution < -0.4 is 14.4 Å². The van der Waals surface area contributed by atoms with Crippen molar-refractivity contribution in [2.75, 3.05) is 19.1 Å². The highest BCUT2D eigenvalue weighted by molar-refractivity contribution is 6.51. The number of phenols is 1. The van der Waals surface area contributed by atoms with Gasteiger partial charge < -0.3 is 19.7 Å². The van der Waals surface area contributed by atoms with E-state index in [4.69, 9.17) is 9.47 Å². The molecular formula is C25H20FNO6. The number of aromatic hydroxyl groups is 1. The van der Waals surface area contributed by atoms with E-state index in [-0.39, 0.29) is 28.3 Å². The molecule has 0 spiro atoms. The molecule has 1 amide bonds. The van der Waals surface area contributed by atoms with Gasteiger partial charge in [0.15, 0.2) is 0 Å². The minimum Gasteiger partial charge on any atom is -0.508 e. The number of halogens is 1. The molecule has 168 valence electrons. The fraction of sp³-hybridized carbons (Fsp3) is 0.120. The van der Waals surface area contributed by atoms with Crippen LogP contribution in [0.3, 0.4) is 0 Å². The third-order valence-electron chi connectivity index (χ3n) is 5.40. The van der Waals surface area contributed by atoms with Crippen LogP contribution in [0.25, 0.3) is 5.76 Å². The molecule has 1 atom stereocenters. The van der Waals surface area contributed by atoms with E-state index in [1.807, 2.05) is 0 Å². The first-order chi connectivity index (χ1) is 15.8. The molecule has 7 nitrogen and oxygen atoms in total. The number of hydrogen-bond acceptors (Lipinski definition) is 6. The highest BCUT2D eigenvalue weighted by Crippen LogP contribution is 2.44. The number of hydrogen-bond donors (Lipinski definition) is 2. The van der Waals surface area contributed by atoms with Crippen LogP contribution in [-0.2, 0) is 9.59 Å². The molecule has 1 unspecified atom stereocenters. The van der Waals surface area contributed by atoms with Crippen LogP contribution in [0.4, 0.5) is 10.1 Å². The topological polar surface area (TPSA) is 96.3 Å². The van der Waals surface area contributed by atoms with Gasteiger partial charge in [0.1, 0.15) is 28.8 Å². The first-order valence-corrected chi connectivity index (χ1v) is 9.93. The molecule has 3 aromatic rings. The Labute approximate surface area is 188 Å². The predicted octanol–water partition coefficient (Wildman–Crippen LogP) is 4.17. The third-order valence-corrected chi connectivity index (χ3v) is 5.40. The number of phenolic OH excluding ortho intramolecular Hbond substituents is 1. The highest BCUT2D eigenvalue weighted by atomic mass is 19.1. The van der Waals surface area contributed by atoms with E-state index in [1.54, 1.807) is 18.2 Å². The van der Waals surface area contributed by atoms with Gasteiger partial charge in [-0.3, -0.25) is 14.5 Å². The number of nitrogens with zero attached hydrogens (tertiary/aromatic N) is 1. The Morgan fingerprint density at radius 1 is 0.970 bits per heavy atom. The molecule has 1 saturated heterocycles. The Bertz CT molecular complexity index is 1270. The van der Waals surface area contributed by atoms with E-state index in [1.165, 1.54) is 62.8 Å². The van der Waals surface area contributed by atoms with Crippen molar-refractivity contribution in [3.63, 3.8) is 0 Å². The number of methoxy groups -OCH3 is 2. The lowest BCUT2D eigenvalue weighted by atomic mass is 9.94. The Balaban J connectivity index is 1.97. The molecule has 1 aliphatic rings. The normalized spacial score (nSPS) is 17.3. The van der Waals surface area contributed by atoms with E-state index in [0.717, 1.165) is 4.90 Å². The number of ketones is 1. The second-order valence-corrected chi connectivity index (χ2v) is 7.31. The molecule has 33 heavy (non-hydrogen) atoms. The first kappa shape index (κ1) is 21.9. The molecule has 8 heteroatoms. The number of aliphatic hydroxyl groups excluding tert-OH is 1.